The number of nitrogens with zero attached hydrogens (tertiary/aromatic N) is 1. The van der Waals surface area contributed by atoms with Crippen molar-refractivity contribution in [2.45, 2.75) is 13.2 Å². The summed E-state index contributed by atoms with van der Waals surface area (Å²) >= 11 is 4.64. The summed E-state index contributed by atoms with van der Waals surface area (Å²) in [7, 11) is 3.67. The van der Waals surface area contributed by atoms with Crippen molar-refractivity contribution in [1.29, 1.82) is 0 Å². The van der Waals surface area contributed by atoms with Gasteiger partial charge in [0.2, 0.25) is 0 Å². The van der Waals surface area contributed by atoms with Gasteiger partial charge in [-0.05, 0) is 21.0 Å². The summed E-state index contributed by atoms with van der Waals surface area (Å²) in [6.07, 6.45) is 2.44. The van der Waals surface area contributed by atoms with E-state index in [4.69, 9.17) is 4.74 Å². The standard InChI is InChI=1S/C7H13NO2.CH3Cl.H3N/c1-5-7(9)10-6(2)8(3)4;1-2;/h5-6H,1H2,2-4H3;1H3;1H3. The van der Waals surface area contributed by atoms with Gasteiger partial charge < -0.3 is 10.9 Å². The Kier molecular flexibility index (Phi) is 16.0. The zero-order chi connectivity index (χ0) is 10.1. The van der Waals surface area contributed by atoms with Crippen molar-refractivity contribution in [1.82, 2.24) is 11.1 Å². The van der Waals surface area contributed by atoms with Gasteiger partial charge in [0.05, 0.1) is 0 Å². The molecular formula is C8H19ClN2O2. The second-order valence-electron chi connectivity index (χ2n) is 2.20. The monoisotopic (exact) mass is 210 g/mol. The molecule has 0 aliphatic carbocycles. The van der Waals surface area contributed by atoms with E-state index in [1.54, 1.807) is 11.8 Å². The molecule has 0 amide bonds. The Balaban J connectivity index is -0.000000309. The third-order valence-corrected chi connectivity index (χ3v) is 1.18. The van der Waals surface area contributed by atoms with Gasteiger partial charge in [0.15, 0.2) is 6.23 Å². The van der Waals surface area contributed by atoms with E-state index in [0.29, 0.717) is 0 Å². The lowest BCUT2D eigenvalue weighted by atomic mass is 10.6. The predicted octanol–water partition coefficient (Wildman–Crippen LogP) is 1.64. The average Bonchev–Trinajstić information content (AvgIpc) is 2.07. The number of rotatable bonds is 3. The number of esters is 1. The van der Waals surface area contributed by atoms with Crippen LogP contribution in [0.25, 0.3) is 0 Å². The number of halogens is 1. The minimum absolute atomic E-state index is 0. The zero-order valence-electron chi connectivity index (χ0n) is 8.71. The maximum atomic E-state index is 10.6. The zero-order valence-corrected chi connectivity index (χ0v) is 9.47. The fraction of sp³-hybridized carbons (Fsp3) is 0.625. The summed E-state index contributed by atoms with van der Waals surface area (Å²) in [5.74, 6) is -0.388. The summed E-state index contributed by atoms with van der Waals surface area (Å²) < 4.78 is 4.83. The summed E-state index contributed by atoms with van der Waals surface area (Å²) in [4.78, 5) is 12.4. The SMILES string of the molecule is C=CC(=O)OC(C)N(C)C.CCl.N. The Bertz CT molecular complexity index is 140. The second kappa shape index (κ2) is 11.4. The molecule has 0 rings (SSSR count). The van der Waals surface area contributed by atoms with Crippen LogP contribution >= 0.6 is 11.6 Å². The minimum atomic E-state index is -0.388. The van der Waals surface area contributed by atoms with E-state index in [0.717, 1.165) is 6.08 Å². The Morgan fingerprint density at radius 2 is 1.92 bits per heavy atom. The molecule has 0 aliphatic heterocycles. The van der Waals surface area contributed by atoms with Crippen LogP contribution in [0.2, 0.25) is 0 Å². The predicted molar refractivity (Wildman–Crippen MR) is 56.2 cm³/mol. The maximum Gasteiger partial charge on any atom is 0.331 e. The van der Waals surface area contributed by atoms with Gasteiger partial charge in [-0.2, -0.15) is 0 Å². The number of hydrogen-bond acceptors (Lipinski definition) is 4. The molecule has 0 radical (unpaired) electrons. The fourth-order valence-corrected chi connectivity index (χ4v) is 0.322. The van der Waals surface area contributed by atoms with Crippen molar-refractivity contribution in [2.75, 3.05) is 20.5 Å². The molecular weight excluding hydrogens is 192 g/mol. The van der Waals surface area contributed by atoms with Crippen molar-refractivity contribution < 1.29 is 9.53 Å². The van der Waals surface area contributed by atoms with Crippen LogP contribution in [0.3, 0.4) is 0 Å². The van der Waals surface area contributed by atoms with Crippen LogP contribution in [-0.4, -0.2) is 37.6 Å². The lowest BCUT2D eigenvalue weighted by molar-refractivity contribution is -0.149. The Hall–Kier alpha value is -0.580. The molecule has 0 aromatic rings. The molecule has 0 heterocycles. The molecule has 0 fully saturated rings. The van der Waals surface area contributed by atoms with E-state index in [1.807, 2.05) is 14.1 Å². The van der Waals surface area contributed by atoms with Crippen LogP contribution < -0.4 is 6.15 Å². The van der Waals surface area contributed by atoms with Crippen molar-refractivity contribution in [3.63, 3.8) is 0 Å². The summed E-state index contributed by atoms with van der Waals surface area (Å²) in [5, 5.41) is 0. The van der Waals surface area contributed by atoms with Gasteiger partial charge in [0, 0.05) is 12.5 Å². The average molecular weight is 211 g/mol. The Labute approximate surface area is 85.1 Å². The third kappa shape index (κ3) is 11.4. The van der Waals surface area contributed by atoms with E-state index in [2.05, 4.69) is 18.2 Å². The van der Waals surface area contributed by atoms with Crippen LogP contribution in [0.1, 0.15) is 6.92 Å². The maximum absolute atomic E-state index is 10.6. The minimum Gasteiger partial charge on any atom is -0.444 e. The molecule has 0 aromatic carbocycles. The summed E-state index contributed by atoms with van der Waals surface area (Å²) in [5.41, 5.74) is 0. The summed E-state index contributed by atoms with van der Waals surface area (Å²) in [6.45, 7) is 5.07. The molecule has 5 heteroatoms. The quantitative estimate of drug-likeness (QED) is 0.333. The van der Waals surface area contributed by atoms with Gasteiger partial charge >= 0.3 is 5.97 Å². The van der Waals surface area contributed by atoms with Crippen molar-refractivity contribution in [3.8, 4) is 0 Å². The largest absolute Gasteiger partial charge is 0.444 e. The fourth-order valence-electron chi connectivity index (χ4n) is 0.322. The molecule has 0 bridgehead atoms. The van der Waals surface area contributed by atoms with Crippen LogP contribution in [-0.2, 0) is 9.53 Å². The molecule has 0 spiro atoms. The van der Waals surface area contributed by atoms with Crippen molar-refractivity contribution >= 4 is 17.6 Å². The van der Waals surface area contributed by atoms with Gasteiger partial charge in [0.1, 0.15) is 0 Å². The number of alkyl halides is 1. The normalized spacial score (nSPS) is 10.3. The summed E-state index contributed by atoms with van der Waals surface area (Å²) in [6, 6.07) is 0. The number of carbonyl (C=O) groups is 1. The number of hydrogen-bond donors (Lipinski definition) is 1. The first-order chi connectivity index (χ1) is 5.57. The lowest BCUT2D eigenvalue weighted by Gasteiger charge is -2.18. The van der Waals surface area contributed by atoms with Crippen LogP contribution in [0.4, 0.5) is 0 Å². The number of ether oxygens (including phenoxy) is 1. The van der Waals surface area contributed by atoms with Gasteiger partial charge in [-0.25, -0.2) is 4.79 Å². The first-order valence-electron chi connectivity index (χ1n) is 3.45. The van der Waals surface area contributed by atoms with E-state index in [1.165, 1.54) is 6.38 Å². The van der Waals surface area contributed by atoms with Crippen LogP contribution in [0.5, 0.6) is 0 Å². The molecule has 13 heavy (non-hydrogen) atoms. The molecule has 3 N–H and O–H groups in total. The molecule has 1 atom stereocenters. The first-order valence-corrected chi connectivity index (χ1v) is 4.20. The highest BCUT2D eigenvalue weighted by Crippen LogP contribution is 1.94. The van der Waals surface area contributed by atoms with E-state index >= 15 is 0 Å². The van der Waals surface area contributed by atoms with Gasteiger partial charge in [-0.1, -0.05) is 6.58 Å². The first kappa shape index (κ1) is 18.3. The Morgan fingerprint density at radius 1 is 1.54 bits per heavy atom. The van der Waals surface area contributed by atoms with Crippen LogP contribution in [0.15, 0.2) is 12.7 Å². The molecule has 0 saturated carbocycles. The van der Waals surface area contributed by atoms with Crippen molar-refractivity contribution in [2.24, 2.45) is 0 Å². The van der Waals surface area contributed by atoms with Gasteiger partial charge in [0.25, 0.3) is 0 Å². The number of carbonyl (C=O) groups excluding carboxylic acids is 1. The molecule has 80 valence electrons. The molecule has 0 aromatic heterocycles. The third-order valence-electron chi connectivity index (χ3n) is 1.18. The highest BCUT2D eigenvalue weighted by Gasteiger charge is 2.06. The molecule has 1 unspecified atom stereocenters. The van der Waals surface area contributed by atoms with Crippen LogP contribution in [0, 0.1) is 0 Å². The highest BCUT2D eigenvalue weighted by atomic mass is 35.5. The molecule has 0 aliphatic rings. The Morgan fingerprint density at radius 3 is 2.15 bits per heavy atom. The second-order valence-corrected chi connectivity index (χ2v) is 2.20. The van der Waals surface area contributed by atoms with E-state index in [-0.39, 0.29) is 18.3 Å². The highest BCUT2D eigenvalue weighted by molar-refractivity contribution is 6.15. The van der Waals surface area contributed by atoms with E-state index in [9.17, 15) is 4.79 Å². The smallest absolute Gasteiger partial charge is 0.331 e. The van der Waals surface area contributed by atoms with Gasteiger partial charge in [-0.3, -0.25) is 4.90 Å². The molecule has 0 saturated heterocycles. The molecule has 4 nitrogen and oxygen atoms in total. The van der Waals surface area contributed by atoms with Crippen molar-refractivity contribution in [3.05, 3.63) is 12.7 Å². The topological polar surface area (TPSA) is 64.5 Å². The van der Waals surface area contributed by atoms with Gasteiger partial charge in [-0.15, -0.1) is 11.6 Å². The van der Waals surface area contributed by atoms with E-state index < -0.39 is 0 Å². The lowest BCUT2D eigenvalue weighted by Crippen LogP contribution is -2.29.